The Labute approximate surface area is 56.6 Å². The van der Waals surface area contributed by atoms with Crippen molar-refractivity contribution in [2.45, 2.75) is 24.8 Å². The monoisotopic (exact) mass is 128 g/mol. The van der Waals surface area contributed by atoms with Crippen molar-refractivity contribution in [1.82, 2.24) is 0 Å². The summed E-state index contributed by atoms with van der Waals surface area (Å²) in [5, 5.41) is 8.96. The number of aliphatic hydroxyl groups is 1. The van der Waals surface area contributed by atoms with Gasteiger partial charge in [-0.05, 0) is 11.7 Å². The van der Waals surface area contributed by atoms with Crippen molar-refractivity contribution < 1.29 is 9.84 Å². The van der Waals surface area contributed by atoms with E-state index in [2.05, 4.69) is 14.8 Å². The van der Waals surface area contributed by atoms with Gasteiger partial charge in [0.1, 0.15) is 7.85 Å². The first-order valence-electron chi connectivity index (χ1n) is 3.36. The van der Waals surface area contributed by atoms with Crippen LogP contribution in [0.3, 0.4) is 0 Å². The molecule has 1 N–H and O–H groups in total. The zero-order chi connectivity index (χ0) is 6.91. The van der Waals surface area contributed by atoms with Crippen LogP contribution in [0.15, 0.2) is 0 Å². The molecule has 0 bridgehead atoms. The molecule has 0 saturated carbocycles. The molecule has 1 saturated heterocycles. The normalized spacial score (nSPS) is 43.6. The average Bonchev–Trinajstić information content (AvgIpc) is 2.10. The Hall–Kier alpha value is -0.0151. The summed E-state index contributed by atoms with van der Waals surface area (Å²) in [6, 6.07) is 0. The lowest BCUT2D eigenvalue weighted by atomic mass is 9.69. The van der Waals surface area contributed by atoms with Crippen LogP contribution in [0.25, 0.3) is 0 Å². The first-order chi connectivity index (χ1) is 4.14. The third-order valence-electron chi connectivity index (χ3n) is 1.69. The van der Waals surface area contributed by atoms with Gasteiger partial charge in [0.15, 0.2) is 0 Å². The molecule has 3 heteroatoms. The van der Waals surface area contributed by atoms with Crippen LogP contribution in [0.2, 0.25) is 5.31 Å². The maximum Gasteiger partial charge on any atom is 0.112 e. The Balaban J connectivity index is 2.38. The molecule has 0 aromatic carbocycles. The second kappa shape index (κ2) is 2.31. The van der Waals surface area contributed by atoms with E-state index in [4.69, 9.17) is 9.84 Å². The fraction of sp³-hybridized carbons (Fsp3) is 1.00. The highest BCUT2D eigenvalue weighted by Gasteiger charge is 2.30. The van der Waals surface area contributed by atoms with E-state index >= 15 is 0 Å². The second-order valence-electron chi connectivity index (χ2n) is 3.48. The molecule has 0 radical (unpaired) electrons. The standard InChI is InChI=1S/C6H13BO2/c1-6(7)2-5(3-8)9-4-6/h5,8H,2-4,7H2,1H3/t5-,6+/m0/s1. The van der Waals surface area contributed by atoms with Gasteiger partial charge in [0.2, 0.25) is 0 Å². The molecule has 1 aliphatic heterocycles. The summed E-state index contributed by atoms with van der Waals surface area (Å²) >= 11 is 0. The summed E-state index contributed by atoms with van der Waals surface area (Å²) in [5.41, 5.74) is 0. The average molecular weight is 128 g/mol. The van der Waals surface area contributed by atoms with Crippen molar-refractivity contribution in [2.24, 2.45) is 0 Å². The van der Waals surface area contributed by atoms with Crippen molar-refractivity contribution in [3.8, 4) is 0 Å². The number of rotatable bonds is 1. The molecule has 1 heterocycles. The van der Waals surface area contributed by atoms with Crippen molar-refractivity contribution in [3.05, 3.63) is 0 Å². The van der Waals surface area contributed by atoms with Gasteiger partial charge >= 0.3 is 0 Å². The van der Waals surface area contributed by atoms with Gasteiger partial charge in [-0.15, -0.1) is 0 Å². The van der Waals surface area contributed by atoms with Crippen LogP contribution in [0.4, 0.5) is 0 Å². The maximum atomic E-state index is 8.67. The first kappa shape index (κ1) is 7.10. The number of hydrogen-bond acceptors (Lipinski definition) is 2. The van der Waals surface area contributed by atoms with Gasteiger partial charge in [0.05, 0.1) is 12.7 Å². The summed E-state index contributed by atoms with van der Waals surface area (Å²) in [7, 11) is 2.16. The minimum atomic E-state index is 0.0972. The molecular weight excluding hydrogens is 115 g/mol. The topological polar surface area (TPSA) is 29.5 Å². The number of hydrogen-bond donors (Lipinski definition) is 1. The van der Waals surface area contributed by atoms with Gasteiger partial charge in [-0.1, -0.05) is 6.92 Å². The molecule has 0 aromatic heterocycles. The number of aliphatic hydroxyl groups excluding tert-OH is 1. The van der Waals surface area contributed by atoms with Crippen molar-refractivity contribution in [1.29, 1.82) is 0 Å². The van der Waals surface area contributed by atoms with E-state index in [1.165, 1.54) is 0 Å². The van der Waals surface area contributed by atoms with Crippen LogP contribution in [0, 0.1) is 0 Å². The van der Waals surface area contributed by atoms with E-state index < -0.39 is 0 Å². The highest BCUT2D eigenvalue weighted by Crippen LogP contribution is 2.34. The van der Waals surface area contributed by atoms with Crippen LogP contribution >= 0.6 is 0 Å². The van der Waals surface area contributed by atoms with Crippen molar-refractivity contribution >= 4 is 7.85 Å². The lowest BCUT2D eigenvalue weighted by Gasteiger charge is -2.12. The van der Waals surface area contributed by atoms with E-state index in [1.54, 1.807) is 0 Å². The van der Waals surface area contributed by atoms with Crippen molar-refractivity contribution in [2.75, 3.05) is 13.2 Å². The molecule has 1 rings (SSSR count). The molecule has 2 nitrogen and oxygen atoms in total. The molecular formula is C6H13BO2. The van der Waals surface area contributed by atoms with Gasteiger partial charge < -0.3 is 9.84 Å². The summed E-state index contributed by atoms with van der Waals surface area (Å²) in [6.07, 6.45) is 1.09. The van der Waals surface area contributed by atoms with E-state index in [0.29, 0.717) is 0 Å². The Morgan fingerprint density at radius 2 is 2.56 bits per heavy atom. The molecule has 1 aliphatic rings. The predicted octanol–water partition coefficient (Wildman–Crippen LogP) is -0.421. The molecule has 0 unspecified atom stereocenters. The molecule has 9 heavy (non-hydrogen) atoms. The minimum Gasteiger partial charge on any atom is -0.394 e. The third-order valence-corrected chi connectivity index (χ3v) is 1.69. The predicted molar refractivity (Wildman–Crippen MR) is 38.4 cm³/mol. The highest BCUT2D eigenvalue weighted by atomic mass is 16.5. The van der Waals surface area contributed by atoms with Crippen LogP contribution in [0.5, 0.6) is 0 Å². The van der Waals surface area contributed by atoms with Crippen LogP contribution in [-0.2, 0) is 4.74 Å². The van der Waals surface area contributed by atoms with Crippen LogP contribution in [-0.4, -0.2) is 32.3 Å². The van der Waals surface area contributed by atoms with Crippen LogP contribution in [0.1, 0.15) is 13.3 Å². The summed E-state index contributed by atoms with van der Waals surface area (Å²) < 4.78 is 5.27. The lowest BCUT2D eigenvalue weighted by molar-refractivity contribution is 0.0580. The molecule has 2 atom stereocenters. The molecule has 1 fully saturated rings. The number of ether oxygens (including phenoxy) is 1. The van der Waals surface area contributed by atoms with E-state index in [0.717, 1.165) is 13.0 Å². The first-order valence-corrected chi connectivity index (χ1v) is 3.36. The minimum absolute atomic E-state index is 0.0972. The van der Waals surface area contributed by atoms with Gasteiger partial charge in [0, 0.05) is 6.61 Å². The quantitative estimate of drug-likeness (QED) is 0.486. The third kappa shape index (κ3) is 1.70. The fourth-order valence-electron chi connectivity index (χ4n) is 1.19. The molecule has 0 spiro atoms. The second-order valence-corrected chi connectivity index (χ2v) is 3.48. The smallest absolute Gasteiger partial charge is 0.112 e. The van der Waals surface area contributed by atoms with E-state index in [1.807, 2.05) is 0 Å². The lowest BCUT2D eigenvalue weighted by Crippen LogP contribution is -2.11. The Bertz CT molecular complexity index is 103. The Kier molecular flexibility index (Phi) is 1.82. The molecule has 0 aromatic rings. The SMILES string of the molecule is B[C@@]1(C)CO[C@H](CO)C1. The van der Waals surface area contributed by atoms with Crippen LogP contribution < -0.4 is 0 Å². The van der Waals surface area contributed by atoms with Gasteiger partial charge in [-0.2, -0.15) is 0 Å². The van der Waals surface area contributed by atoms with Gasteiger partial charge in [0.25, 0.3) is 0 Å². The highest BCUT2D eigenvalue weighted by molar-refractivity contribution is 6.15. The zero-order valence-electron chi connectivity index (χ0n) is 6.05. The van der Waals surface area contributed by atoms with E-state index in [9.17, 15) is 0 Å². The Morgan fingerprint density at radius 1 is 1.89 bits per heavy atom. The van der Waals surface area contributed by atoms with E-state index in [-0.39, 0.29) is 18.0 Å². The summed E-state index contributed by atoms with van der Waals surface area (Å²) in [6.45, 7) is 3.12. The maximum absolute atomic E-state index is 8.67. The molecule has 0 amide bonds. The summed E-state index contributed by atoms with van der Waals surface area (Å²) in [5.74, 6) is 0. The molecule has 0 aliphatic carbocycles. The zero-order valence-corrected chi connectivity index (χ0v) is 6.05. The largest absolute Gasteiger partial charge is 0.394 e. The Morgan fingerprint density at radius 3 is 2.78 bits per heavy atom. The van der Waals surface area contributed by atoms with Gasteiger partial charge in [-0.3, -0.25) is 0 Å². The summed E-state index contributed by atoms with van der Waals surface area (Å²) in [4.78, 5) is 0. The van der Waals surface area contributed by atoms with Gasteiger partial charge in [-0.25, -0.2) is 0 Å². The van der Waals surface area contributed by atoms with Crippen molar-refractivity contribution in [3.63, 3.8) is 0 Å². The molecule has 52 valence electrons. The fourth-order valence-corrected chi connectivity index (χ4v) is 1.19.